The third kappa shape index (κ3) is 1.98. The fourth-order valence-corrected chi connectivity index (χ4v) is 1.68. The van der Waals surface area contributed by atoms with E-state index in [-0.39, 0.29) is 0 Å². The molecule has 0 saturated heterocycles. The molecule has 1 saturated carbocycles. The SMILES string of the molecule is CCN[C@@H]1CC[C@H](C)C1. The lowest BCUT2D eigenvalue weighted by Gasteiger charge is -2.08. The van der Waals surface area contributed by atoms with Gasteiger partial charge in [0.15, 0.2) is 0 Å². The Morgan fingerprint density at radius 3 is 2.67 bits per heavy atom. The van der Waals surface area contributed by atoms with Gasteiger partial charge in [0, 0.05) is 6.04 Å². The normalized spacial score (nSPS) is 35.3. The summed E-state index contributed by atoms with van der Waals surface area (Å²) in [5.74, 6) is 0.967. The zero-order chi connectivity index (χ0) is 6.69. The van der Waals surface area contributed by atoms with Crippen molar-refractivity contribution >= 4 is 0 Å². The third-order valence-corrected chi connectivity index (χ3v) is 2.19. The van der Waals surface area contributed by atoms with Gasteiger partial charge in [-0.05, 0) is 31.7 Å². The molecule has 0 bridgehead atoms. The molecule has 0 aromatic rings. The van der Waals surface area contributed by atoms with Crippen LogP contribution in [0.25, 0.3) is 0 Å². The molecule has 1 nitrogen and oxygen atoms in total. The van der Waals surface area contributed by atoms with Crippen molar-refractivity contribution in [2.45, 2.75) is 39.2 Å². The summed E-state index contributed by atoms with van der Waals surface area (Å²) in [4.78, 5) is 0. The molecule has 0 unspecified atom stereocenters. The van der Waals surface area contributed by atoms with Crippen LogP contribution >= 0.6 is 0 Å². The van der Waals surface area contributed by atoms with Crippen LogP contribution in [0.4, 0.5) is 0 Å². The first-order valence-corrected chi connectivity index (χ1v) is 4.06. The minimum Gasteiger partial charge on any atom is -0.314 e. The summed E-state index contributed by atoms with van der Waals surface area (Å²) in [6, 6.07) is 0.838. The van der Waals surface area contributed by atoms with Crippen molar-refractivity contribution < 1.29 is 0 Å². The minimum absolute atomic E-state index is 0.838. The van der Waals surface area contributed by atoms with Gasteiger partial charge in [0.2, 0.25) is 0 Å². The van der Waals surface area contributed by atoms with Gasteiger partial charge < -0.3 is 5.32 Å². The molecule has 1 aliphatic carbocycles. The fourth-order valence-electron chi connectivity index (χ4n) is 1.68. The summed E-state index contributed by atoms with van der Waals surface area (Å²) in [7, 11) is 0. The van der Waals surface area contributed by atoms with Crippen LogP contribution in [0, 0.1) is 5.92 Å². The van der Waals surface area contributed by atoms with E-state index in [1.54, 1.807) is 0 Å². The Morgan fingerprint density at radius 1 is 1.44 bits per heavy atom. The topological polar surface area (TPSA) is 12.0 Å². The van der Waals surface area contributed by atoms with Gasteiger partial charge in [-0.25, -0.2) is 0 Å². The molecule has 54 valence electrons. The average molecular weight is 127 g/mol. The van der Waals surface area contributed by atoms with E-state index in [0.717, 1.165) is 18.5 Å². The predicted molar refractivity (Wildman–Crippen MR) is 40.5 cm³/mol. The molecule has 1 aliphatic rings. The monoisotopic (exact) mass is 127 g/mol. The molecule has 0 aromatic heterocycles. The van der Waals surface area contributed by atoms with E-state index in [0.29, 0.717) is 0 Å². The summed E-state index contributed by atoms with van der Waals surface area (Å²) < 4.78 is 0. The summed E-state index contributed by atoms with van der Waals surface area (Å²) in [5.41, 5.74) is 0. The van der Waals surface area contributed by atoms with E-state index in [1.807, 2.05) is 0 Å². The van der Waals surface area contributed by atoms with E-state index in [4.69, 9.17) is 0 Å². The van der Waals surface area contributed by atoms with Gasteiger partial charge in [0.1, 0.15) is 0 Å². The van der Waals surface area contributed by atoms with Crippen LogP contribution < -0.4 is 5.32 Å². The van der Waals surface area contributed by atoms with E-state index in [1.165, 1.54) is 19.3 Å². The van der Waals surface area contributed by atoms with Crippen LogP contribution in [0.15, 0.2) is 0 Å². The van der Waals surface area contributed by atoms with Crippen molar-refractivity contribution in [2.75, 3.05) is 6.54 Å². The van der Waals surface area contributed by atoms with Crippen molar-refractivity contribution in [1.82, 2.24) is 5.32 Å². The Balaban J connectivity index is 2.14. The van der Waals surface area contributed by atoms with Crippen LogP contribution in [0.1, 0.15) is 33.1 Å². The average Bonchev–Trinajstić information content (AvgIpc) is 2.17. The summed E-state index contributed by atoms with van der Waals surface area (Å²) in [5, 5.41) is 3.47. The van der Waals surface area contributed by atoms with E-state index in [9.17, 15) is 0 Å². The first kappa shape index (κ1) is 7.07. The van der Waals surface area contributed by atoms with Gasteiger partial charge in [-0.1, -0.05) is 13.8 Å². The predicted octanol–water partition coefficient (Wildman–Crippen LogP) is 1.78. The standard InChI is InChI=1S/C8H17N/c1-3-9-8-5-4-7(2)6-8/h7-9H,3-6H2,1-2H3/t7-,8+/m0/s1. The molecular formula is C8H17N. The molecule has 0 amide bonds. The first-order valence-electron chi connectivity index (χ1n) is 4.06. The lowest BCUT2D eigenvalue weighted by molar-refractivity contribution is 0.517. The van der Waals surface area contributed by atoms with E-state index in [2.05, 4.69) is 19.2 Å². The molecular weight excluding hydrogens is 110 g/mol. The minimum atomic E-state index is 0.838. The van der Waals surface area contributed by atoms with Crippen LogP contribution in [-0.4, -0.2) is 12.6 Å². The third-order valence-electron chi connectivity index (χ3n) is 2.19. The van der Waals surface area contributed by atoms with Gasteiger partial charge >= 0.3 is 0 Å². The van der Waals surface area contributed by atoms with Crippen molar-refractivity contribution in [3.8, 4) is 0 Å². The molecule has 1 N–H and O–H groups in total. The Labute approximate surface area is 57.8 Å². The van der Waals surface area contributed by atoms with Crippen LogP contribution in [-0.2, 0) is 0 Å². The van der Waals surface area contributed by atoms with Gasteiger partial charge in [0.05, 0.1) is 0 Å². The molecule has 0 radical (unpaired) electrons. The van der Waals surface area contributed by atoms with Crippen LogP contribution in [0.3, 0.4) is 0 Å². The Bertz CT molecular complexity index is 78.6. The van der Waals surface area contributed by atoms with Crippen molar-refractivity contribution in [3.05, 3.63) is 0 Å². The largest absolute Gasteiger partial charge is 0.314 e. The number of nitrogens with one attached hydrogen (secondary N) is 1. The maximum Gasteiger partial charge on any atom is 0.00695 e. The smallest absolute Gasteiger partial charge is 0.00695 e. The van der Waals surface area contributed by atoms with Crippen LogP contribution in [0.2, 0.25) is 0 Å². The molecule has 9 heavy (non-hydrogen) atoms. The highest BCUT2D eigenvalue weighted by Crippen LogP contribution is 2.24. The second-order valence-corrected chi connectivity index (χ2v) is 3.17. The number of hydrogen-bond donors (Lipinski definition) is 1. The molecule has 0 aromatic carbocycles. The highest BCUT2D eigenvalue weighted by Gasteiger charge is 2.19. The molecule has 0 heterocycles. The second kappa shape index (κ2) is 3.21. The lowest BCUT2D eigenvalue weighted by Crippen LogP contribution is -2.25. The Morgan fingerprint density at radius 2 is 2.22 bits per heavy atom. The van der Waals surface area contributed by atoms with Gasteiger partial charge in [-0.3, -0.25) is 0 Å². The highest BCUT2D eigenvalue weighted by molar-refractivity contribution is 4.77. The Hall–Kier alpha value is -0.0400. The van der Waals surface area contributed by atoms with E-state index >= 15 is 0 Å². The second-order valence-electron chi connectivity index (χ2n) is 3.17. The molecule has 1 fully saturated rings. The zero-order valence-electron chi connectivity index (χ0n) is 6.48. The maximum absolute atomic E-state index is 3.47. The Kier molecular flexibility index (Phi) is 2.52. The lowest BCUT2D eigenvalue weighted by atomic mass is 10.1. The molecule has 2 atom stereocenters. The van der Waals surface area contributed by atoms with Crippen molar-refractivity contribution in [2.24, 2.45) is 5.92 Å². The molecule has 0 spiro atoms. The van der Waals surface area contributed by atoms with Crippen molar-refractivity contribution in [1.29, 1.82) is 0 Å². The fraction of sp³-hybridized carbons (Fsp3) is 1.00. The maximum atomic E-state index is 3.47. The molecule has 1 rings (SSSR count). The van der Waals surface area contributed by atoms with Gasteiger partial charge in [-0.2, -0.15) is 0 Å². The number of hydrogen-bond acceptors (Lipinski definition) is 1. The van der Waals surface area contributed by atoms with Crippen LogP contribution in [0.5, 0.6) is 0 Å². The van der Waals surface area contributed by atoms with Gasteiger partial charge in [0.25, 0.3) is 0 Å². The first-order chi connectivity index (χ1) is 4.33. The summed E-state index contributed by atoms with van der Waals surface area (Å²) in [6.07, 6.45) is 4.22. The number of rotatable bonds is 2. The van der Waals surface area contributed by atoms with Gasteiger partial charge in [-0.15, -0.1) is 0 Å². The summed E-state index contributed by atoms with van der Waals surface area (Å²) >= 11 is 0. The van der Waals surface area contributed by atoms with Crippen molar-refractivity contribution in [3.63, 3.8) is 0 Å². The van der Waals surface area contributed by atoms with E-state index < -0.39 is 0 Å². The molecule has 1 heteroatoms. The zero-order valence-corrected chi connectivity index (χ0v) is 6.48. The highest BCUT2D eigenvalue weighted by atomic mass is 14.9. The summed E-state index contributed by atoms with van der Waals surface area (Å²) in [6.45, 7) is 5.66. The molecule has 0 aliphatic heterocycles. The quantitative estimate of drug-likeness (QED) is 0.596.